The van der Waals surface area contributed by atoms with Gasteiger partial charge in [0.15, 0.2) is 0 Å². The Balaban J connectivity index is 2.04. The molecule has 0 aliphatic rings. The number of hydrogen-bond donors (Lipinski definition) is 1. The fourth-order valence-corrected chi connectivity index (χ4v) is 2.08. The SMILES string of the molecule is CCOc1cccc(NCc2ccccc2OC(C)C)c1. The predicted octanol–water partition coefficient (Wildman–Crippen LogP) is 4.48. The molecule has 0 bridgehead atoms. The van der Waals surface area contributed by atoms with Crippen molar-refractivity contribution in [2.75, 3.05) is 11.9 Å². The number of para-hydroxylation sites is 1. The van der Waals surface area contributed by atoms with E-state index in [1.54, 1.807) is 0 Å². The standard InChI is InChI=1S/C18H23NO2/c1-4-20-17-10-7-9-16(12-17)19-13-15-8-5-6-11-18(15)21-14(2)3/h5-12,14,19H,4,13H2,1-3H3. The minimum Gasteiger partial charge on any atom is -0.494 e. The van der Waals surface area contributed by atoms with E-state index >= 15 is 0 Å². The molecular formula is C18H23NO2. The molecule has 0 radical (unpaired) electrons. The van der Waals surface area contributed by atoms with E-state index in [0.29, 0.717) is 6.61 Å². The van der Waals surface area contributed by atoms with Crippen LogP contribution in [0.4, 0.5) is 5.69 Å². The minimum atomic E-state index is 0.174. The predicted molar refractivity (Wildman–Crippen MR) is 87.1 cm³/mol. The minimum absolute atomic E-state index is 0.174. The highest BCUT2D eigenvalue weighted by molar-refractivity contribution is 5.49. The second kappa shape index (κ2) is 7.58. The monoisotopic (exact) mass is 285 g/mol. The van der Waals surface area contributed by atoms with E-state index in [1.165, 1.54) is 0 Å². The molecular weight excluding hydrogens is 262 g/mol. The summed E-state index contributed by atoms with van der Waals surface area (Å²) in [5, 5.41) is 3.41. The molecule has 0 spiro atoms. The Morgan fingerprint density at radius 3 is 2.62 bits per heavy atom. The molecule has 0 amide bonds. The van der Waals surface area contributed by atoms with Gasteiger partial charge in [0.25, 0.3) is 0 Å². The smallest absolute Gasteiger partial charge is 0.124 e. The summed E-state index contributed by atoms with van der Waals surface area (Å²) in [7, 11) is 0. The molecule has 2 aromatic carbocycles. The average molecular weight is 285 g/mol. The van der Waals surface area contributed by atoms with E-state index in [1.807, 2.05) is 63.2 Å². The van der Waals surface area contributed by atoms with Crippen molar-refractivity contribution in [1.29, 1.82) is 0 Å². The van der Waals surface area contributed by atoms with Gasteiger partial charge >= 0.3 is 0 Å². The van der Waals surface area contributed by atoms with Crippen LogP contribution in [0.15, 0.2) is 48.5 Å². The van der Waals surface area contributed by atoms with Crippen LogP contribution < -0.4 is 14.8 Å². The first kappa shape index (κ1) is 15.2. The molecule has 112 valence electrons. The lowest BCUT2D eigenvalue weighted by molar-refractivity contribution is 0.240. The highest BCUT2D eigenvalue weighted by Crippen LogP contribution is 2.22. The largest absolute Gasteiger partial charge is 0.494 e. The van der Waals surface area contributed by atoms with E-state index in [-0.39, 0.29) is 6.10 Å². The van der Waals surface area contributed by atoms with Crippen LogP contribution in [-0.4, -0.2) is 12.7 Å². The highest BCUT2D eigenvalue weighted by atomic mass is 16.5. The molecule has 3 nitrogen and oxygen atoms in total. The Labute approximate surface area is 126 Å². The van der Waals surface area contributed by atoms with E-state index in [2.05, 4.69) is 11.4 Å². The Bertz CT molecular complexity index is 567. The third-order valence-electron chi connectivity index (χ3n) is 2.96. The summed E-state index contributed by atoms with van der Waals surface area (Å²) < 4.78 is 11.3. The van der Waals surface area contributed by atoms with Crippen molar-refractivity contribution in [2.45, 2.75) is 33.4 Å². The molecule has 0 aliphatic heterocycles. The second-order valence-electron chi connectivity index (χ2n) is 5.09. The molecule has 3 heteroatoms. The van der Waals surface area contributed by atoms with Crippen LogP contribution in [0.3, 0.4) is 0 Å². The Hall–Kier alpha value is -2.16. The molecule has 0 heterocycles. The van der Waals surface area contributed by atoms with Gasteiger partial charge in [0, 0.05) is 23.9 Å². The van der Waals surface area contributed by atoms with Crippen molar-refractivity contribution in [2.24, 2.45) is 0 Å². The summed E-state index contributed by atoms with van der Waals surface area (Å²) in [4.78, 5) is 0. The number of nitrogens with one attached hydrogen (secondary N) is 1. The van der Waals surface area contributed by atoms with Crippen LogP contribution in [-0.2, 0) is 6.54 Å². The van der Waals surface area contributed by atoms with Gasteiger partial charge in [0.1, 0.15) is 11.5 Å². The number of hydrogen-bond acceptors (Lipinski definition) is 3. The Morgan fingerprint density at radius 1 is 1.05 bits per heavy atom. The fourth-order valence-electron chi connectivity index (χ4n) is 2.08. The van der Waals surface area contributed by atoms with Gasteiger partial charge in [-0.15, -0.1) is 0 Å². The van der Waals surface area contributed by atoms with E-state index in [9.17, 15) is 0 Å². The number of benzene rings is 2. The van der Waals surface area contributed by atoms with Crippen LogP contribution in [0.2, 0.25) is 0 Å². The lowest BCUT2D eigenvalue weighted by Gasteiger charge is -2.15. The van der Waals surface area contributed by atoms with Crippen LogP contribution in [0.1, 0.15) is 26.3 Å². The zero-order valence-corrected chi connectivity index (χ0v) is 12.9. The molecule has 0 saturated heterocycles. The van der Waals surface area contributed by atoms with Crippen molar-refractivity contribution in [1.82, 2.24) is 0 Å². The number of ether oxygens (including phenoxy) is 2. The van der Waals surface area contributed by atoms with Crippen LogP contribution in [0.5, 0.6) is 11.5 Å². The van der Waals surface area contributed by atoms with Gasteiger partial charge in [-0.2, -0.15) is 0 Å². The maximum Gasteiger partial charge on any atom is 0.124 e. The van der Waals surface area contributed by atoms with Gasteiger partial charge < -0.3 is 14.8 Å². The van der Waals surface area contributed by atoms with E-state index in [0.717, 1.165) is 29.3 Å². The molecule has 0 unspecified atom stereocenters. The maximum atomic E-state index is 5.83. The van der Waals surface area contributed by atoms with Crippen LogP contribution in [0, 0.1) is 0 Å². The fraction of sp³-hybridized carbons (Fsp3) is 0.333. The quantitative estimate of drug-likeness (QED) is 0.813. The van der Waals surface area contributed by atoms with Gasteiger partial charge in [0.05, 0.1) is 12.7 Å². The highest BCUT2D eigenvalue weighted by Gasteiger charge is 2.05. The molecule has 0 atom stereocenters. The van der Waals surface area contributed by atoms with Gasteiger partial charge in [-0.1, -0.05) is 24.3 Å². The van der Waals surface area contributed by atoms with Crippen molar-refractivity contribution in [3.63, 3.8) is 0 Å². The van der Waals surface area contributed by atoms with Crippen molar-refractivity contribution in [3.8, 4) is 11.5 Å². The third-order valence-corrected chi connectivity index (χ3v) is 2.96. The summed E-state index contributed by atoms with van der Waals surface area (Å²) in [5.41, 5.74) is 2.19. The molecule has 0 fully saturated rings. The molecule has 2 aromatic rings. The summed E-state index contributed by atoms with van der Waals surface area (Å²) in [6, 6.07) is 16.1. The zero-order valence-electron chi connectivity index (χ0n) is 12.9. The van der Waals surface area contributed by atoms with Crippen molar-refractivity contribution in [3.05, 3.63) is 54.1 Å². The molecule has 1 N–H and O–H groups in total. The normalized spacial score (nSPS) is 10.5. The van der Waals surface area contributed by atoms with Gasteiger partial charge in [0.2, 0.25) is 0 Å². The first-order chi connectivity index (χ1) is 10.2. The zero-order chi connectivity index (χ0) is 15.1. The summed E-state index contributed by atoms with van der Waals surface area (Å²) in [6.07, 6.45) is 0.174. The Kier molecular flexibility index (Phi) is 5.50. The van der Waals surface area contributed by atoms with Gasteiger partial charge in [-0.05, 0) is 39.0 Å². The van der Waals surface area contributed by atoms with Crippen molar-refractivity contribution >= 4 is 5.69 Å². The van der Waals surface area contributed by atoms with Gasteiger partial charge in [-0.3, -0.25) is 0 Å². The first-order valence-corrected chi connectivity index (χ1v) is 7.40. The molecule has 0 saturated carbocycles. The van der Waals surface area contributed by atoms with Crippen LogP contribution >= 0.6 is 0 Å². The van der Waals surface area contributed by atoms with Crippen LogP contribution in [0.25, 0.3) is 0 Å². The number of rotatable bonds is 7. The van der Waals surface area contributed by atoms with Crippen molar-refractivity contribution < 1.29 is 9.47 Å². The molecule has 21 heavy (non-hydrogen) atoms. The van der Waals surface area contributed by atoms with E-state index in [4.69, 9.17) is 9.47 Å². The second-order valence-corrected chi connectivity index (χ2v) is 5.09. The topological polar surface area (TPSA) is 30.5 Å². The molecule has 0 aliphatic carbocycles. The summed E-state index contributed by atoms with van der Waals surface area (Å²) >= 11 is 0. The van der Waals surface area contributed by atoms with Gasteiger partial charge in [-0.25, -0.2) is 0 Å². The number of anilines is 1. The van der Waals surface area contributed by atoms with E-state index < -0.39 is 0 Å². The lowest BCUT2D eigenvalue weighted by Crippen LogP contribution is -2.09. The lowest BCUT2D eigenvalue weighted by atomic mass is 10.2. The summed E-state index contributed by atoms with van der Waals surface area (Å²) in [6.45, 7) is 7.46. The molecule has 2 rings (SSSR count). The summed E-state index contributed by atoms with van der Waals surface area (Å²) in [5.74, 6) is 1.81. The Morgan fingerprint density at radius 2 is 1.86 bits per heavy atom. The molecule has 0 aromatic heterocycles. The maximum absolute atomic E-state index is 5.83. The third kappa shape index (κ3) is 4.71. The average Bonchev–Trinajstić information content (AvgIpc) is 2.47. The first-order valence-electron chi connectivity index (χ1n) is 7.40.